The van der Waals surface area contributed by atoms with Crippen LogP contribution in [0.1, 0.15) is 10.5 Å². The third kappa shape index (κ3) is 5.05. The lowest BCUT2D eigenvalue weighted by atomic mass is 10.3. The normalized spacial score (nSPS) is 9.96. The molecule has 2 aromatic carbocycles. The van der Waals surface area contributed by atoms with Crippen LogP contribution in [0.15, 0.2) is 72.9 Å². The van der Waals surface area contributed by atoms with Gasteiger partial charge >= 0.3 is 6.03 Å². The standard InChI is InChI=1S/C20H18N4O3/c1-21-19(25)18-13-17(10-11-22-18)27-16-9-5-8-15(12-16)24-20(26)23-14-6-3-2-4-7-14/h2-13H,1H3,(H,21,25)(H2,23,24,26). The number of hydrogen-bond acceptors (Lipinski definition) is 4. The number of carbonyl (C=O) groups excluding carboxylic acids is 2. The second-order valence-electron chi connectivity index (χ2n) is 5.53. The van der Waals surface area contributed by atoms with Gasteiger partial charge in [0, 0.05) is 36.8 Å². The monoisotopic (exact) mass is 362 g/mol. The van der Waals surface area contributed by atoms with E-state index in [1.807, 2.05) is 18.2 Å². The SMILES string of the molecule is CNC(=O)c1cc(Oc2cccc(NC(=O)Nc3ccccc3)c2)ccn1. The summed E-state index contributed by atoms with van der Waals surface area (Å²) in [6.45, 7) is 0. The third-order valence-corrected chi connectivity index (χ3v) is 3.55. The maximum absolute atomic E-state index is 12.1. The quantitative estimate of drug-likeness (QED) is 0.642. The molecule has 0 radical (unpaired) electrons. The fourth-order valence-corrected chi connectivity index (χ4v) is 2.32. The number of nitrogens with one attached hydrogen (secondary N) is 3. The van der Waals surface area contributed by atoms with E-state index >= 15 is 0 Å². The van der Waals surface area contributed by atoms with Gasteiger partial charge < -0.3 is 20.7 Å². The summed E-state index contributed by atoms with van der Waals surface area (Å²) in [4.78, 5) is 27.7. The minimum Gasteiger partial charge on any atom is -0.457 e. The molecule has 3 amide bonds. The predicted molar refractivity (Wildman–Crippen MR) is 103 cm³/mol. The van der Waals surface area contributed by atoms with Gasteiger partial charge in [0.25, 0.3) is 5.91 Å². The van der Waals surface area contributed by atoms with E-state index < -0.39 is 0 Å². The number of nitrogens with zero attached hydrogens (tertiary/aromatic N) is 1. The maximum Gasteiger partial charge on any atom is 0.323 e. The lowest BCUT2D eigenvalue weighted by Gasteiger charge is -2.10. The Hall–Kier alpha value is -3.87. The van der Waals surface area contributed by atoms with Crippen molar-refractivity contribution in [1.29, 1.82) is 0 Å². The smallest absolute Gasteiger partial charge is 0.323 e. The van der Waals surface area contributed by atoms with Crippen LogP contribution >= 0.6 is 0 Å². The molecule has 0 aliphatic carbocycles. The largest absolute Gasteiger partial charge is 0.457 e. The van der Waals surface area contributed by atoms with Crippen molar-refractivity contribution in [3.8, 4) is 11.5 Å². The van der Waals surface area contributed by atoms with E-state index in [0.717, 1.165) is 0 Å². The first-order valence-corrected chi connectivity index (χ1v) is 8.23. The molecule has 0 saturated heterocycles. The van der Waals surface area contributed by atoms with Crippen molar-refractivity contribution in [3.05, 3.63) is 78.6 Å². The van der Waals surface area contributed by atoms with E-state index in [9.17, 15) is 9.59 Å². The number of aromatic nitrogens is 1. The number of carbonyl (C=O) groups is 2. The van der Waals surface area contributed by atoms with E-state index in [1.165, 1.54) is 13.2 Å². The third-order valence-electron chi connectivity index (χ3n) is 3.55. The van der Waals surface area contributed by atoms with Gasteiger partial charge in [-0.25, -0.2) is 4.79 Å². The number of ether oxygens (including phenoxy) is 1. The molecule has 3 aromatic rings. The number of amides is 3. The Kier molecular flexibility index (Phi) is 5.64. The van der Waals surface area contributed by atoms with Crippen molar-refractivity contribution in [2.24, 2.45) is 0 Å². The highest BCUT2D eigenvalue weighted by Gasteiger charge is 2.08. The molecule has 136 valence electrons. The number of benzene rings is 2. The van der Waals surface area contributed by atoms with E-state index in [0.29, 0.717) is 22.9 Å². The molecule has 0 spiro atoms. The minimum absolute atomic E-state index is 0.256. The summed E-state index contributed by atoms with van der Waals surface area (Å²) in [6, 6.07) is 18.9. The minimum atomic E-state index is -0.357. The summed E-state index contributed by atoms with van der Waals surface area (Å²) >= 11 is 0. The summed E-state index contributed by atoms with van der Waals surface area (Å²) < 4.78 is 5.76. The number of hydrogen-bond donors (Lipinski definition) is 3. The molecule has 1 aromatic heterocycles. The number of rotatable bonds is 5. The van der Waals surface area contributed by atoms with Gasteiger partial charge in [0.15, 0.2) is 0 Å². The molecule has 7 nitrogen and oxygen atoms in total. The average molecular weight is 362 g/mol. The zero-order valence-electron chi connectivity index (χ0n) is 14.6. The van der Waals surface area contributed by atoms with Crippen LogP contribution < -0.4 is 20.7 Å². The molecular formula is C20H18N4O3. The summed E-state index contributed by atoms with van der Waals surface area (Å²) in [5.41, 5.74) is 1.52. The fourth-order valence-electron chi connectivity index (χ4n) is 2.32. The van der Waals surface area contributed by atoms with Crippen LogP contribution in [-0.4, -0.2) is 24.0 Å². The molecule has 0 aliphatic heterocycles. The van der Waals surface area contributed by atoms with Gasteiger partial charge in [-0.3, -0.25) is 9.78 Å². The molecule has 0 saturated carbocycles. The van der Waals surface area contributed by atoms with Crippen LogP contribution in [0.25, 0.3) is 0 Å². The second-order valence-corrected chi connectivity index (χ2v) is 5.53. The molecule has 0 bridgehead atoms. The lowest BCUT2D eigenvalue weighted by molar-refractivity contribution is 0.0958. The average Bonchev–Trinajstić information content (AvgIpc) is 2.68. The highest BCUT2D eigenvalue weighted by atomic mass is 16.5. The number of anilines is 2. The van der Waals surface area contributed by atoms with Gasteiger partial charge in [-0.2, -0.15) is 0 Å². The van der Waals surface area contributed by atoms with Crippen molar-refractivity contribution in [1.82, 2.24) is 10.3 Å². The number of urea groups is 1. The molecule has 27 heavy (non-hydrogen) atoms. The Balaban J connectivity index is 1.67. The zero-order chi connectivity index (χ0) is 19.1. The Morgan fingerprint density at radius 2 is 1.56 bits per heavy atom. The van der Waals surface area contributed by atoms with Crippen LogP contribution in [-0.2, 0) is 0 Å². The summed E-state index contributed by atoms with van der Waals surface area (Å²) in [6.07, 6.45) is 1.50. The molecule has 3 rings (SSSR count). The molecular weight excluding hydrogens is 344 g/mol. The van der Waals surface area contributed by atoms with E-state index in [2.05, 4.69) is 20.9 Å². The van der Waals surface area contributed by atoms with Crippen molar-refractivity contribution in [2.75, 3.05) is 17.7 Å². The Morgan fingerprint density at radius 3 is 2.33 bits per heavy atom. The molecule has 0 fully saturated rings. The fraction of sp³-hybridized carbons (Fsp3) is 0.0500. The topological polar surface area (TPSA) is 92.4 Å². The van der Waals surface area contributed by atoms with Crippen molar-refractivity contribution >= 4 is 23.3 Å². The van der Waals surface area contributed by atoms with Gasteiger partial charge in [0.1, 0.15) is 17.2 Å². The Morgan fingerprint density at radius 1 is 0.852 bits per heavy atom. The Bertz CT molecular complexity index is 945. The predicted octanol–water partition coefficient (Wildman–Crippen LogP) is 3.88. The van der Waals surface area contributed by atoms with E-state index in [4.69, 9.17) is 4.74 Å². The van der Waals surface area contributed by atoms with E-state index in [-0.39, 0.29) is 17.6 Å². The van der Waals surface area contributed by atoms with Crippen molar-refractivity contribution in [2.45, 2.75) is 0 Å². The van der Waals surface area contributed by atoms with Gasteiger partial charge in [0.2, 0.25) is 0 Å². The van der Waals surface area contributed by atoms with Gasteiger partial charge in [0.05, 0.1) is 0 Å². The lowest BCUT2D eigenvalue weighted by Crippen LogP contribution is -2.19. The molecule has 1 heterocycles. The highest BCUT2D eigenvalue weighted by Crippen LogP contribution is 2.24. The summed E-state index contributed by atoms with van der Waals surface area (Å²) in [7, 11) is 1.53. The first-order chi connectivity index (χ1) is 13.1. The molecule has 3 N–H and O–H groups in total. The second kappa shape index (κ2) is 8.48. The van der Waals surface area contributed by atoms with Crippen LogP contribution in [0.2, 0.25) is 0 Å². The van der Waals surface area contributed by atoms with Gasteiger partial charge in [-0.1, -0.05) is 24.3 Å². The van der Waals surface area contributed by atoms with Crippen LogP contribution in [0, 0.1) is 0 Å². The zero-order valence-corrected chi connectivity index (χ0v) is 14.6. The van der Waals surface area contributed by atoms with Crippen LogP contribution in [0.4, 0.5) is 16.2 Å². The van der Waals surface area contributed by atoms with Crippen molar-refractivity contribution in [3.63, 3.8) is 0 Å². The van der Waals surface area contributed by atoms with E-state index in [1.54, 1.807) is 48.5 Å². The number of para-hydroxylation sites is 1. The first-order valence-electron chi connectivity index (χ1n) is 8.23. The van der Waals surface area contributed by atoms with Crippen molar-refractivity contribution < 1.29 is 14.3 Å². The first kappa shape index (κ1) is 17.9. The summed E-state index contributed by atoms with van der Waals surface area (Å²) in [5.74, 6) is 0.685. The molecule has 0 unspecified atom stereocenters. The summed E-state index contributed by atoms with van der Waals surface area (Å²) in [5, 5.41) is 8.00. The highest BCUT2D eigenvalue weighted by molar-refractivity contribution is 5.99. The van der Waals surface area contributed by atoms with Crippen LogP contribution in [0.5, 0.6) is 11.5 Å². The molecule has 0 atom stereocenters. The molecule has 0 aliphatic rings. The van der Waals surface area contributed by atoms with Gasteiger partial charge in [-0.15, -0.1) is 0 Å². The maximum atomic E-state index is 12.1. The molecule has 7 heteroatoms. The van der Waals surface area contributed by atoms with Crippen LogP contribution in [0.3, 0.4) is 0 Å². The Labute approximate surface area is 156 Å². The number of pyridine rings is 1. The van der Waals surface area contributed by atoms with Gasteiger partial charge in [-0.05, 0) is 30.3 Å².